The highest BCUT2D eigenvalue weighted by Gasteiger charge is 2.13. The smallest absolute Gasteiger partial charge is 0.252 e. The Hall–Kier alpha value is -2.43. The molecule has 0 fully saturated rings. The Morgan fingerprint density at radius 3 is 2.85 bits per heavy atom. The highest BCUT2D eigenvalue weighted by molar-refractivity contribution is 5.94. The second kappa shape index (κ2) is 6.14. The first-order valence-corrected chi connectivity index (χ1v) is 6.34. The van der Waals surface area contributed by atoms with Crippen molar-refractivity contribution in [2.75, 3.05) is 7.11 Å². The number of nitrogens with one attached hydrogen (secondary N) is 1. The van der Waals surface area contributed by atoms with Gasteiger partial charge in [0.1, 0.15) is 0 Å². The zero-order valence-electron chi connectivity index (χ0n) is 11.8. The molecule has 0 bridgehead atoms. The SMILES string of the molecule is COc1cc(C(=O)N[C@H](C)c2cccc(C)n2)ccn1. The molecule has 104 valence electrons. The Kier molecular flexibility index (Phi) is 4.30. The normalized spacial score (nSPS) is 11.8. The van der Waals surface area contributed by atoms with Crippen molar-refractivity contribution in [1.82, 2.24) is 15.3 Å². The van der Waals surface area contributed by atoms with Gasteiger partial charge in [-0.05, 0) is 32.0 Å². The number of carbonyl (C=O) groups excluding carboxylic acids is 1. The summed E-state index contributed by atoms with van der Waals surface area (Å²) in [5, 5.41) is 2.91. The molecule has 2 aromatic rings. The highest BCUT2D eigenvalue weighted by atomic mass is 16.5. The summed E-state index contributed by atoms with van der Waals surface area (Å²) >= 11 is 0. The summed E-state index contributed by atoms with van der Waals surface area (Å²) in [5.74, 6) is 0.237. The fraction of sp³-hybridized carbons (Fsp3) is 0.267. The number of amides is 1. The first-order chi connectivity index (χ1) is 9.60. The third-order valence-electron chi connectivity index (χ3n) is 2.91. The van der Waals surface area contributed by atoms with E-state index in [1.807, 2.05) is 32.0 Å². The van der Waals surface area contributed by atoms with Gasteiger partial charge in [-0.2, -0.15) is 0 Å². The van der Waals surface area contributed by atoms with Gasteiger partial charge in [-0.15, -0.1) is 0 Å². The Labute approximate surface area is 118 Å². The van der Waals surface area contributed by atoms with Crippen molar-refractivity contribution in [1.29, 1.82) is 0 Å². The maximum absolute atomic E-state index is 12.2. The van der Waals surface area contributed by atoms with E-state index in [0.29, 0.717) is 11.4 Å². The number of aryl methyl sites for hydroxylation is 1. The van der Waals surface area contributed by atoms with Crippen LogP contribution in [0.15, 0.2) is 36.5 Å². The second-order valence-corrected chi connectivity index (χ2v) is 4.49. The van der Waals surface area contributed by atoms with E-state index >= 15 is 0 Å². The molecular weight excluding hydrogens is 254 g/mol. The van der Waals surface area contributed by atoms with Gasteiger partial charge in [0.15, 0.2) is 0 Å². The van der Waals surface area contributed by atoms with Gasteiger partial charge in [-0.1, -0.05) is 6.07 Å². The van der Waals surface area contributed by atoms with Crippen LogP contribution in [-0.2, 0) is 0 Å². The number of ether oxygens (including phenoxy) is 1. The summed E-state index contributed by atoms with van der Waals surface area (Å²) in [4.78, 5) is 20.5. The summed E-state index contributed by atoms with van der Waals surface area (Å²) in [6, 6.07) is 8.83. The standard InChI is InChI=1S/C15H17N3O2/c1-10-5-4-6-13(17-10)11(2)18-15(19)12-7-8-16-14(9-12)20-3/h4-9,11H,1-3H3,(H,18,19)/t11-/m1/s1. The van der Waals surface area contributed by atoms with Crippen molar-refractivity contribution in [2.24, 2.45) is 0 Å². The molecule has 0 spiro atoms. The molecule has 0 aliphatic carbocycles. The minimum absolute atomic E-state index is 0.165. The van der Waals surface area contributed by atoms with Crippen molar-refractivity contribution in [3.63, 3.8) is 0 Å². The highest BCUT2D eigenvalue weighted by Crippen LogP contribution is 2.13. The third kappa shape index (κ3) is 3.32. The molecule has 0 saturated carbocycles. The van der Waals surface area contributed by atoms with E-state index in [1.165, 1.54) is 7.11 Å². The largest absolute Gasteiger partial charge is 0.481 e. The van der Waals surface area contributed by atoms with Crippen LogP contribution in [0.3, 0.4) is 0 Å². The van der Waals surface area contributed by atoms with E-state index in [2.05, 4.69) is 15.3 Å². The monoisotopic (exact) mass is 271 g/mol. The molecular formula is C15H17N3O2. The number of nitrogens with zero attached hydrogens (tertiary/aromatic N) is 2. The van der Waals surface area contributed by atoms with Gasteiger partial charge in [0, 0.05) is 23.5 Å². The lowest BCUT2D eigenvalue weighted by Gasteiger charge is -2.14. The van der Waals surface area contributed by atoms with Crippen molar-refractivity contribution in [3.05, 3.63) is 53.5 Å². The number of pyridine rings is 2. The van der Waals surface area contributed by atoms with Crippen LogP contribution >= 0.6 is 0 Å². The molecule has 5 nitrogen and oxygen atoms in total. The Morgan fingerprint density at radius 1 is 1.35 bits per heavy atom. The number of methoxy groups -OCH3 is 1. The lowest BCUT2D eigenvalue weighted by atomic mass is 10.1. The predicted molar refractivity (Wildman–Crippen MR) is 75.6 cm³/mol. The van der Waals surface area contributed by atoms with Crippen LogP contribution in [0.4, 0.5) is 0 Å². The molecule has 0 aliphatic heterocycles. The molecule has 1 N–H and O–H groups in total. The summed E-state index contributed by atoms with van der Waals surface area (Å²) < 4.78 is 5.01. The quantitative estimate of drug-likeness (QED) is 0.926. The molecule has 20 heavy (non-hydrogen) atoms. The number of rotatable bonds is 4. The number of hydrogen-bond donors (Lipinski definition) is 1. The van der Waals surface area contributed by atoms with Crippen LogP contribution in [0.2, 0.25) is 0 Å². The van der Waals surface area contributed by atoms with Crippen LogP contribution in [0.1, 0.15) is 34.7 Å². The second-order valence-electron chi connectivity index (χ2n) is 4.49. The molecule has 0 aromatic carbocycles. The molecule has 2 heterocycles. The molecule has 5 heteroatoms. The van der Waals surface area contributed by atoms with Crippen molar-refractivity contribution >= 4 is 5.91 Å². The first kappa shape index (κ1) is 14.0. The average Bonchev–Trinajstić information content (AvgIpc) is 2.47. The Morgan fingerprint density at radius 2 is 2.15 bits per heavy atom. The van der Waals surface area contributed by atoms with Crippen LogP contribution in [0.25, 0.3) is 0 Å². The van der Waals surface area contributed by atoms with E-state index in [0.717, 1.165) is 11.4 Å². The van der Waals surface area contributed by atoms with E-state index < -0.39 is 0 Å². The topological polar surface area (TPSA) is 64.1 Å². The van der Waals surface area contributed by atoms with Crippen molar-refractivity contribution in [3.8, 4) is 5.88 Å². The molecule has 2 rings (SSSR count). The molecule has 0 aliphatic rings. The van der Waals surface area contributed by atoms with Crippen molar-refractivity contribution < 1.29 is 9.53 Å². The van der Waals surface area contributed by atoms with E-state index in [9.17, 15) is 4.79 Å². The predicted octanol–water partition coefficient (Wildman–Crippen LogP) is 2.28. The average molecular weight is 271 g/mol. The minimum Gasteiger partial charge on any atom is -0.481 e. The minimum atomic E-state index is -0.179. The lowest BCUT2D eigenvalue weighted by Crippen LogP contribution is -2.27. The van der Waals surface area contributed by atoms with E-state index in [4.69, 9.17) is 4.74 Å². The van der Waals surface area contributed by atoms with Crippen LogP contribution in [0, 0.1) is 6.92 Å². The van der Waals surface area contributed by atoms with Gasteiger partial charge in [-0.25, -0.2) is 4.98 Å². The van der Waals surface area contributed by atoms with Gasteiger partial charge in [0.05, 0.1) is 18.8 Å². The molecule has 0 unspecified atom stereocenters. The molecule has 1 atom stereocenters. The number of carbonyl (C=O) groups is 1. The van der Waals surface area contributed by atoms with Crippen LogP contribution in [0.5, 0.6) is 5.88 Å². The fourth-order valence-electron chi connectivity index (χ4n) is 1.82. The molecule has 1 amide bonds. The van der Waals surface area contributed by atoms with Crippen molar-refractivity contribution in [2.45, 2.75) is 19.9 Å². The summed E-state index contributed by atoms with van der Waals surface area (Å²) in [7, 11) is 1.52. The molecule has 0 saturated heterocycles. The number of hydrogen-bond acceptors (Lipinski definition) is 4. The third-order valence-corrected chi connectivity index (χ3v) is 2.91. The first-order valence-electron chi connectivity index (χ1n) is 6.34. The molecule has 2 aromatic heterocycles. The molecule has 0 radical (unpaired) electrons. The van der Waals surface area contributed by atoms with Gasteiger partial charge in [-0.3, -0.25) is 9.78 Å². The summed E-state index contributed by atoms with van der Waals surface area (Å²) in [6.07, 6.45) is 1.54. The van der Waals surface area contributed by atoms with Gasteiger partial charge < -0.3 is 10.1 Å². The van der Waals surface area contributed by atoms with Gasteiger partial charge in [0.25, 0.3) is 5.91 Å². The Balaban J connectivity index is 2.10. The van der Waals surface area contributed by atoms with Crippen LogP contribution < -0.4 is 10.1 Å². The summed E-state index contributed by atoms with van der Waals surface area (Å²) in [5.41, 5.74) is 2.27. The fourth-order valence-corrected chi connectivity index (χ4v) is 1.82. The van der Waals surface area contributed by atoms with Gasteiger partial charge in [0.2, 0.25) is 5.88 Å². The Bertz CT molecular complexity index is 614. The lowest BCUT2D eigenvalue weighted by molar-refractivity contribution is 0.0938. The van der Waals surface area contributed by atoms with E-state index in [-0.39, 0.29) is 11.9 Å². The van der Waals surface area contributed by atoms with E-state index in [1.54, 1.807) is 18.3 Å². The van der Waals surface area contributed by atoms with Gasteiger partial charge >= 0.3 is 0 Å². The maximum Gasteiger partial charge on any atom is 0.252 e. The zero-order chi connectivity index (χ0) is 14.5. The summed E-state index contributed by atoms with van der Waals surface area (Å²) in [6.45, 7) is 3.82. The zero-order valence-corrected chi connectivity index (χ0v) is 11.8. The van der Waals surface area contributed by atoms with Crippen LogP contribution in [-0.4, -0.2) is 23.0 Å². The maximum atomic E-state index is 12.2. The number of aromatic nitrogens is 2.